The number of hydrogen-bond acceptors (Lipinski definition) is 11. The van der Waals surface area contributed by atoms with Crippen molar-refractivity contribution in [3.8, 4) is 6.07 Å². The molecule has 0 aliphatic carbocycles. The van der Waals surface area contributed by atoms with Crippen molar-refractivity contribution < 1.29 is 33.3 Å². The Kier molecular flexibility index (Phi) is 5.88. The maximum absolute atomic E-state index is 12.9. The molecule has 2 saturated heterocycles. The van der Waals surface area contributed by atoms with Crippen LogP contribution in [-0.4, -0.2) is 64.7 Å². The summed E-state index contributed by atoms with van der Waals surface area (Å²) in [6.45, 7) is 4.66. The fraction of sp³-hybridized carbons (Fsp3) is 0.391. The molecule has 2 aromatic rings. The van der Waals surface area contributed by atoms with Crippen molar-refractivity contribution in [1.29, 1.82) is 5.26 Å². The van der Waals surface area contributed by atoms with Gasteiger partial charge in [-0.1, -0.05) is 23.7 Å². The van der Waals surface area contributed by atoms with E-state index < -0.39 is 48.1 Å². The number of ether oxygens (including phenoxy) is 4. The highest BCUT2D eigenvalue weighted by Crippen LogP contribution is 2.40. The van der Waals surface area contributed by atoms with Gasteiger partial charge in [0.25, 0.3) is 11.8 Å². The molecule has 3 aliphatic heterocycles. The van der Waals surface area contributed by atoms with Gasteiger partial charge < -0.3 is 24.3 Å². The highest BCUT2D eigenvalue weighted by molar-refractivity contribution is 6.34. The van der Waals surface area contributed by atoms with E-state index >= 15 is 0 Å². The number of nitrogens with zero attached hydrogens (tertiary/aromatic N) is 4. The van der Waals surface area contributed by atoms with Gasteiger partial charge in [-0.3, -0.25) is 14.4 Å². The summed E-state index contributed by atoms with van der Waals surface area (Å²) < 4.78 is 23.0. The number of hydrogen-bond donors (Lipinski definition) is 1. The van der Waals surface area contributed by atoms with Crippen molar-refractivity contribution in [1.82, 2.24) is 9.97 Å². The summed E-state index contributed by atoms with van der Waals surface area (Å²) in [5.74, 6) is -3.03. The molecule has 0 radical (unpaired) electrons. The molecule has 186 valence electrons. The van der Waals surface area contributed by atoms with Crippen LogP contribution in [0.2, 0.25) is 5.15 Å². The number of carbonyl (C=O) groups excluding carboxylic acids is 3. The summed E-state index contributed by atoms with van der Waals surface area (Å²) in [4.78, 5) is 46.2. The van der Waals surface area contributed by atoms with E-state index in [-0.39, 0.29) is 40.2 Å². The summed E-state index contributed by atoms with van der Waals surface area (Å²) in [6.07, 6.45) is -2.82. The monoisotopic (exact) mass is 513 g/mol. The van der Waals surface area contributed by atoms with Gasteiger partial charge in [-0.25, -0.2) is 4.90 Å². The third-order valence-corrected chi connectivity index (χ3v) is 6.11. The Morgan fingerprint density at radius 1 is 1.19 bits per heavy atom. The highest BCUT2D eigenvalue weighted by atomic mass is 35.5. The molecule has 3 aliphatic rings. The molecule has 4 heterocycles. The van der Waals surface area contributed by atoms with Crippen LogP contribution in [0, 0.1) is 11.3 Å². The van der Waals surface area contributed by atoms with Crippen molar-refractivity contribution in [2.24, 2.45) is 0 Å². The van der Waals surface area contributed by atoms with E-state index in [0.29, 0.717) is 0 Å². The second-order valence-corrected chi connectivity index (χ2v) is 9.11. The van der Waals surface area contributed by atoms with E-state index in [1.165, 1.54) is 19.1 Å². The molecule has 2 amide bonds. The maximum atomic E-state index is 12.9. The van der Waals surface area contributed by atoms with Crippen LogP contribution < -0.4 is 10.2 Å². The molecule has 12 nitrogen and oxygen atoms in total. The van der Waals surface area contributed by atoms with Crippen LogP contribution in [0.25, 0.3) is 0 Å². The van der Waals surface area contributed by atoms with Crippen molar-refractivity contribution in [2.75, 3.05) is 16.8 Å². The number of amides is 2. The van der Waals surface area contributed by atoms with Gasteiger partial charge in [-0.2, -0.15) is 15.2 Å². The fourth-order valence-electron chi connectivity index (χ4n) is 4.36. The number of aromatic nitrogens is 2. The minimum absolute atomic E-state index is 0.0748. The molecule has 1 aromatic carbocycles. The van der Waals surface area contributed by atoms with Gasteiger partial charge in [0, 0.05) is 6.92 Å². The number of fused-ring (bicyclic) bond motifs is 2. The minimum Gasteiger partial charge on any atom is -0.463 e. The molecule has 0 saturated carbocycles. The first-order valence-electron chi connectivity index (χ1n) is 11.0. The maximum Gasteiger partial charge on any atom is 0.302 e. The van der Waals surface area contributed by atoms with E-state index in [1.807, 2.05) is 6.07 Å². The number of nitriles is 1. The van der Waals surface area contributed by atoms with E-state index in [4.69, 9.17) is 30.5 Å². The van der Waals surface area contributed by atoms with Gasteiger partial charge in [0.1, 0.15) is 36.6 Å². The van der Waals surface area contributed by atoms with Crippen molar-refractivity contribution in [2.45, 2.75) is 51.1 Å². The lowest BCUT2D eigenvalue weighted by atomic mass is 10.1. The average molecular weight is 514 g/mol. The van der Waals surface area contributed by atoms with Crippen molar-refractivity contribution >= 4 is 41.2 Å². The molecule has 13 heteroatoms. The number of anilines is 2. The molecule has 1 N–H and O–H groups in total. The first-order chi connectivity index (χ1) is 17.1. The second kappa shape index (κ2) is 8.79. The quantitative estimate of drug-likeness (QED) is 0.355. The minimum atomic E-state index is -0.944. The van der Waals surface area contributed by atoms with Crippen molar-refractivity contribution in [3.05, 3.63) is 46.1 Å². The topological polar surface area (TPSA) is 153 Å². The van der Waals surface area contributed by atoms with Crippen LogP contribution in [0.3, 0.4) is 0 Å². The van der Waals surface area contributed by atoms with E-state index in [0.717, 1.165) is 4.90 Å². The molecule has 36 heavy (non-hydrogen) atoms. The molecule has 1 aromatic heterocycles. The highest BCUT2D eigenvalue weighted by Gasteiger charge is 2.56. The molecule has 5 rings (SSSR count). The Balaban J connectivity index is 1.47. The largest absolute Gasteiger partial charge is 0.463 e. The molecular weight excluding hydrogens is 494 g/mol. The Bertz CT molecular complexity index is 1290. The number of benzene rings is 1. The lowest BCUT2D eigenvalue weighted by molar-refractivity contribution is -0.189. The SMILES string of the molecule is CC(=O)OC[C@H]1O[C@@H](Nc2nc(N3C(=O)c4ccccc4C3=O)nc(Cl)c2C#N)[C@@H]2OC(C)(C)O[C@@H]21. The van der Waals surface area contributed by atoms with Crippen molar-refractivity contribution in [3.63, 3.8) is 0 Å². The number of carbonyl (C=O) groups is 3. The lowest BCUT2D eigenvalue weighted by Gasteiger charge is -2.25. The van der Waals surface area contributed by atoms with Crippen LogP contribution in [0.1, 0.15) is 47.1 Å². The Labute approximate surface area is 210 Å². The Morgan fingerprint density at radius 2 is 1.83 bits per heavy atom. The zero-order chi connectivity index (χ0) is 25.8. The van der Waals surface area contributed by atoms with Crippen LogP contribution in [0.4, 0.5) is 11.8 Å². The van der Waals surface area contributed by atoms with Gasteiger partial charge in [0.15, 0.2) is 23.0 Å². The summed E-state index contributed by atoms with van der Waals surface area (Å²) in [7, 11) is 0. The molecule has 4 atom stereocenters. The van der Waals surface area contributed by atoms with Gasteiger partial charge in [0.05, 0.1) is 11.1 Å². The number of nitrogens with one attached hydrogen (secondary N) is 1. The lowest BCUT2D eigenvalue weighted by Crippen LogP contribution is -2.36. The van der Waals surface area contributed by atoms with Crippen LogP contribution in [0.5, 0.6) is 0 Å². The van der Waals surface area contributed by atoms with Crippen LogP contribution >= 0.6 is 11.6 Å². The second-order valence-electron chi connectivity index (χ2n) is 8.75. The fourth-order valence-corrected chi connectivity index (χ4v) is 4.57. The molecule has 0 bridgehead atoms. The van der Waals surface area contributed by atoms with E-state index in [9.17, 15) is 19.6 Å². The third-order valence-electron chi connectivity index (χ3n) is 5.84. The number of imide groups is 1. The number of rotatable bonds is 5. The Morgan fingerprint density at radius 3 is 2.44 bits per heavy atom. The summed E-state index contributed by atoms with van der Waals surface area (Å²) in [5.41, 5.74) is 0.281. The average Bonchev–Trinajstić information content (AvgIpc) is 3.39. The van der Waals surface area contributed by atoms with Crippen LogP contribution in [0.15, 0.2) is 24.3 Å². The molecule has 0 unspecified atom stereocenters. The van der Waals surface area contributed by atoms with Gasteiger partial charge in [-0.05, 0) is 26.0 Å². The molecule has 0 spiro atoms. The molecular formula is C23H20ClN5O7. The molecule has 2 fully saturated rings. The Hall–Kier alpha value is -3.63. The smallest absolute Gasteiger partial charge is 0.302 e. The zero-order valence-corrected chi connectivity index (χ0v) is 20.1. The number of esters is 1. The van der Waals surface area contributed by atoms with E-state index in [1.54, 1.807) is 26.0 Å². The van der Waals surface area contributed by atoms with Gasteiger partial charge in [-0.15, -0.1) is 0 Å². The first-order valence-corrected chi connectivity index (χ1v) is 11.3. The number of halogens is 1. The predicted octanol–water partition coefficient (Wildman–Crippen LogP) is 2.02. The summed E-state index contributed by atoms with van der Waals surface area (Å²) >= 11 is 6.26. The standard InChI is InChI=1S/C23H20ClN5O7/c1-10(30)33-9-14-15-16(36-23(2,3)35-15)19(34-14)27-18-13(8-25)17(24)26-22(28-18)29-20(31)11-6-4-5-7-12(11)21(29)32/h4-7,14-16,19H,9H2,1-3H3,(H,26,27,28)/t14-,15-,16-,19-/m1/s1. The summed E-state index contributed by atoms with van der Waals surface area (Å²) in [6, 6.07) is 8.24. The third kappa shape index (κ3) is 4.06. The van der Waals surface area contributed by atoms with Gasteiger partial charge >= 0.3 is 5.97 Å². The normalized spacial score (nSPS) is 25.9. The summed E-state index contributed by atoms with van der Waals surface area (Å²) in [5, 5.41) is 12.4. The first kappa shape index (κ1) is 24.1. The van der Waals surface area contributed by atoms with Crippen LogP contribution in [-0.2, 0) is 23.7 Å². The van der Waals surface area contributed by atoms with E-state index in [2.05, 4.69) is 15.3 Å². The zero-order valence-electron chi connectivity index (χ0n) is 19.4. The van der Waals surface area contributed by atoms with Gasteiger partial charge in [0.2, 0.25) is 5.95 Å². The predicted molar refractivity (Wildman–Crippen MR) is 122 cm³/mol.